The van der Waals surface area contributed by atoms with Gasteiger partial charge in [0.05, 0.1) is 5.92 Å². The third-order valence-corrected chi connectivity index (χ3v) is 4.30. The summed E-state index contributed by atoms with van der Waals surface area (Å²) in [5.74, 6) is -1.96. The Morgan fingerprint density at radius 1 is 0.958 bits per heavy atom. The van der Waals surface area contributed by atoms with Gasteiger partial charge in [-0.05, 0) is 17.0 Å². The molecular formula is C20H23NO3. The smallest absolute Gasteiger partial charge is 0.326 e. The van der Waals surface area contributed by atoms with Crippen molar-refractivity contribution in [1.29, 1.82) is 0 Å². The number of hydrogen-bond donors (Lipinski definition) is 2. The second kappa shape index (κ2) is 8.29. The third-order valence-electron chi connectivity index (χ3n) is 4.30. The van der Waals surface area contributed by atoms with E-state index in [1.165, 1.54) is 0 Å². The van der Waals surface area contributed by atoms with Gasteiger partial charge >= 0.3 is 5.97 Å². The van der Waals surface area contributed by atoms with Gasteiger partial charge in [-0.3, -0.25) is 4.79 Å². The van der Waals surface area contributed by atoms with Gasteiger partial charge < -0.3 is 10.4 Å². The Kier molecular flexibility index (Phi) is 6.13. The predicted molar refractivity (Wildman–Crippen MR) is 93.7 cm³/mol. The molecule has 0 bridgehead atoms. The van der Waals surface area contributed by atoms with Gasteiger partial charge in [0.1, 0.15) is 6.04 Å². The van der Waals surface area contributed by atoms with Crippen LogP contribution in [0.15, 0.2) is 60.7 Å². The van der Waals surface area contributed by atoms with Crippen molar-refractivity contribution in [2.75, 3.05) is 0 Å². The Bertz CT molecular complexity index is 630. The molecule has 2 atom stereocenters. The van der Waals surface area contributed by atoms with E-state index in [4.69, 9.17) is 0 Å². The van der Waals surface area contributed by atoms with Crippen molar-refractivity contribution in [3.63, 3.8) is 0 Å². The fraction of sp³-hybridized carbons (Fsp3) is 0.300. The fourth-order valence-corrected chi connectivity index (χ4v) is 2.71. The average Bonchev–Trinajstić information content (AvgIpc) is 2.61. The maximum absolute atomic E-state index is 12.9. The van der Waals surface area contributed by atoms with E-state index >= 15 is 0 Å². The van der Waals surface area contributed by atoms with E-state index in [-0.39, 0.29) is 11.8 Å². The van der Waals surface area contributed by atoms with Crippen LogP contribution in [-0.2, 0) is 9.59 Å². The number of nitrogens with one attached hydrogen (secondary N) is 1. The van der Waals surface area contributed by atoms with E-state index in [0.717, 1.165) is 11.1 Å². The van der Waals surface area contributed by atoms with Crippen LogP contribution in [0.25, 0.3) is 0 Å². The van der Waals surface area contributed by atoms with Crippen LogP contribution in [0.1, 0.15) is 37.3 Å². The Labute approximate surface area is 142 Å². The SMILES string of the molecule is CC[C@@H](C)[C@H](NC(=O)C(c1ccccc1)c1ccccc1)C(=O)O. The van der Waals surface area contributed by atoms with Crippen LogP contribution >= 0.6 is 0 Å². The number of rotatable bonds is 7. The summed E-state index contributed by atoms with van der Waals surface area (Å²) in [6.45, 7) is 3.75. The highest BCUT2D eigenvalue weighted by Gasteiger charge is 2.30. The molecule has 0 saturated heterocycles. The molecule has 4 nitrogen and oxygen atoms in total. The van der Waals surface area contributed by atoms with E-state index < -0.39 is 17.9 Å². The minimum atomic E-state index is -1.00. The summed E-state index contributed by atoms with van der Waals surface area (Å²) in [6.07, 6.45) is 0.679. The van der Waals surface area contributed by atoms with E-state index in [1.54, 1.807) is 0 Å². The molecule has 0 heterocycles. The lowest BCUT2D eigenvalue weighted by molar-refractivity contribution is -0.143. The Morgan fingerprint density at radius 3 is 1.79 bits per heavy atom. The summed E-state index contributed by atoms with van der Waals surface area (Å²) in [5, 5.41) is 12.2. The first kappa shape index (κ1) is 17.7. The Balaban J connectivity index is 2.34. The van der Waals surface area contributed by atoms with Gasteiger partial charge in [0.2, 0.25) is 5.91 Å². The molecule has 0 unspecified atom stereocenters. The summed E-state index contributed by atoms with van der Waals surface area (Å²) in [6, 6.07) is 17.9. The first-order chi connectivity index (χ1) is 11.5. The van der Waals surface area contributed by atoms with Crippen molar-refractivity contribution in [2.24, 2.45) is 5.92 Å². The Hall–Kier alpha value is -2.62. The molecule has 4 heteroatoms. The van der Waals surface area contributed by atoms with Crippen molar-refractivity contribution >= 4 is 11.9 Å². The third kappa shape index (κ3) is 4.22. The number of carbonyl (C=O) groups excluding carboxylic acids is 1. The monoisotopic (exact) mass is 325 g/mol. The molecule has 24 heavy (non-hydrogen) atoms. The number of benzene rings is 2. The lowest BCUT2D eigenvalue weighted by atomic mass is 9.89. The molecular weight excluding hydrogens is 302 g/mol. The van der Waals surface area contributed by atoms with Crippen molar-refractivity contribution < 1.29 is 14.7 Å². The van der Waals surface area contributed by atoms with Gasteiger partial charge in [-0.2, -0.15) is 0 Å². The molecule has 0 aliphatic rings. The van der Waals surface area contributed by atoms with Crippen LogP contribution in [0.5, 0.6) is 0 Å². The number of carboxylic acid groups (broad SMARTS) is 1. The maximum Gasteiger partial charge on any atom is 0.326 e. The first-order valence-electron chi connectivity index (χ1n) is 8.17. The molecule has 2 N–H and O–H groups in total. The molecule has 0 spiro atoms. The summed E-state index contributed by atoms with van der Waals surface area (Å²) in [4.78, 5) is 24.4. The molecule has 2 aromatic rings. The van der Waals surface area contributed by atoms with E-state index in [9.17, 15) is 14.7 Å². The summed E-state index contributed by atoms with van der Waals surface area (Å²) in [5.41, 5.74) is 1.68. The van der Waals surface area contributed by atoms with E-state index in [0.29, 0.717) is 6.42 Å². The van der Waals surface area contributed by atoms with Crippen LogP contribution in [0.3, 0.4) is 0 Å². The largest absolute Gasteiger partial charge is 0.480 e. The van der Waals surface area contributed by atoms with Crippen molar-refractivity contribution in [3.05, 3.63) is 71.8 Å². The second-order valence-electron chi connectivity index (χ2n) is 5.96. The zero-order valence-corrected chi connectivity index (χ0v) is 14.0. The zero-order valence-electron chi connectivity index (χ0n) is 14.0. The van der Waals surface area contributed by atoms with Crippen LogP contribution in [0.2, 0.25) is 0 Å². The van der Waals surface area contributed by atoms with Crippen LogP contribution in [-0.4, -0.2) is 23.0 Å². The van der Waals surface area contributed by atoms with E-state index in [1.807, 2.05) is 74.5 Å². The van der Waals surface area contributed by atoms with Crippen LogP contribution < -0.4 is 5.32 Å². The molecule has 126 valence electrons. The Morgan fingerprint density at radius 2 is 1.42 bits per heavy atom. The lowest BCUT2D eigenvalue weighted by Gasteiger charge is -2.24. The lowest BCUT2D eigenvalue weighted by Crippen LogP contribution is -2.46. The zero-order chi connectivity index (χ0) is 17.5. The fourth-order valence-electron chi connectivity index (χ4n) is 2.71. The van der Waals surface area contributed by atoms with Gasteiger partial charge in [-0.25, -0.2) is 4.79 Å². The first-order valence-corrected chi connectivity index (χ1v) is 8.17. The summed E-state index contributed by atoms with van der Waals surface area (Å²) in [7, 11) is 0. The normalized spacial score (nSPS) is 13.3. The second-order valence-corrected chi connectivity index (χ2v) is 5.96. The van der Waals surface area contributed by atoms with Gasteiger partial charge in [0.15, 0.2) is 0 Å². The average molecular weight is 325 g/mol. The van der Waals surface area contributed by atoms with Crippen molar-refractivity contribution in [2.45, 2.75) is 32.2 Å². The minimum Gasteiger partial charge on any atom is -0.480 e. The highest BCUT2D eigenvalue weighted by molar-refractivity contribution is 5.90. The minimum absolute atomic E-state index is 0.140. The van der Waals surface area contributed by atoms with Crippen LogP contribution in [0.4, 0.5) is 0 Å². The molecule has 0 saturated carbocycles. The molecule has 1 amide bonds. The summed E-state index contributed by atoms with van der Waals surface area (Å²) < 4.78 is 0. The van der Waals surface area contributed by atoms with Crippen LogP contribution in [0, 0.1) is 5.92 Å². The van der Waals surface area contributed by atoms with Gasteiger partial charge in [0, 0.05) is 0 Å². The molecule has 2 rings (SSSR count). The number of carboxylic acids is 1. The van der Waals surface area contributed by atoms with Crippen molar-refractivity contribution in [3.8, 4) is 0 Å². The highest BCUT2D eigenvalue weighted by Crippen LogP contribution is 2.25. The maximum atomic E-state index is 12.9. The predicted octanol–water partition coefficient (Wildman–Crippen LogP) is 3.43. The molecule has 0 aliphatic heterocycles. The topological polar surface area (TPSA) is 66.4 Å². The standard InChI is InChI=1S/C20H23NO3/c1-3-14(2)18(20(23)24)21-19(22)17(15-10-6-4-7-11-15)16-12-8-5-9-13-16/h4-14,17-18H,3H2,1-2H3,(H,21,22)(H,23,24)/t14-,18+/m1/s1. The molecule has 0 aromatic heterocycles. The van der Waals surface area contributed by atoms with Gasteiger partial charge in [-0.1, -0.05) is 80.9 Å². The molecule has 0 aliphatic carbocycles. The molecule has 2 aromatic carbocycles. The van der Waals surface area contributed by atoms with E-state index in [2.05, 4.69) is 5.32 Å². The highest BCUT2D eigenvalue weighted by atomic mass is 16.4. The number of hydrogen-bond acceptors (Lipinski definition) is 2. The number of amides is 1. The summed E-state index contributed by atoms with van der Waals surface area (Å²) >= 11 is 0. The quantitative estimate of drug-likeness (QED) is 0.819. The van der Waals surface area contributed by atoms with Crippen molar-refractivity contribution in [1.82, 2.24) is 5.32 Å². The molecule has 0 fully saturated rings. The number of aliphatic carboxylic acids is 1. The molecule has 0 radical (unpaired) electrons. The van der Waals surface area contributed by atoms with Gasteiger partial charge in [-0.15, -0.1) is 0 Å². The van der Waals surface area contributed by atoms with Gasteiger partial charge in [0.25, 0.3) is 0 Å². The number of carbonyl (C=O) groups is 2.